The van der Waals surface area contributed by atoms with E-state index in [0.717, 1.165) is 50.1 Å². The van der Waals surface area contributed by atoms with Crippen LogP contribution in [0.3, 0.4) is 0 Å². The molecule has 4 heterocycles. The summed E-state index contributed by atoms with van der Waals surface area (Å²) in [4.78, 5) is 44.5. The molecule has 2 amide bonds. The first kappa shape index (κ1) is 53.2. The fraction of sp³-hybridized carbons (Fsp3) is 0.149. The fourth-order valence-corrected chi connectivity index (χ4v) is 13.4. The summed E-state index contributed by atoms with van der Waals surface area (Å²) in [5, 5.41) is 13.8. The van der Waals surface area contributed by atoms with Crippen molar-refractivity contribution in [1.29, 1.82) is 0 Å². The van der Waals surface area contributed by atoms with Crippen LogP contribution in [0.5, 0.6) is 0 Å². The van der Waals surface area contributed by atoms with E-state index in [1.54, 1.807) is 10.3 Å². The molecule has 0 aliphatic carbocycles. The van der Waals surface area contributed by atoms with E-state index in [1.807, 2.05) is 206 Å². The molecule has 9 aromatic rings. The highest BCUT2D eigenvalue weighted by Gasteiger charge is 2.54. The number of aromatic nitrogens is 1. The molecule has 2 unspecified atom stereocenters. The van der Waals surface area contributed by atoms with Crippen molar-refractivity contribution in [3.8, 4) is 0 Å². The molecule has 0 radical (unpaired) electrons. The maximum Gasteiger partial charge on any atom is 0.276 e. The molecular weight excluding hydrogens is 1070 g/mol. The minimum absolute atomic E-state index is 0.134. The SMILES string of the molecule is O=C(NC1C(=O)N2C(C(=S)OC(c3ccccc3)c3ccccc3)=C(CC3COCO3)CS[C@H]12)/C(=N\OC(c1ccccc1)(c1ccccc1)c1ccccc1)c1csc(NC(c2ccccc2)(c2ccccc2)c2ccccc2)n1. The zero-order valence-corrected chi connectivity index (χ0v) is 46.3. The smallest absolute Gasteiger partial charge is 0.276 e. The topological polar surface area (TPSA) is 124 Å². The number of thiocarbonyl (C=S) groups is 1. The average molecular weight is 1120 g/mol. The molecule has 11 nitrogen and oxygen atoms in total. The number of rotatable bonds is 19. The number of amides is 2. The monoisotopic (exact) mass is 1120 g/mol. The van der Waals surface area contributed by atoms with Gasteiger partial charge in [-0.25, -0.2) is 4.98 Å². The maximum atomic E-state index is 15.6. The standard InChI is InChI=1S/C67H55N5O6S3/c73-61(69-58-62(74)72-59(48(43-80-63(58)72)41-55-42-75-45-76-55)64(79)77-60(46-25-9-1-10-26-46)47-27-11-2-12-28-47)57(71-78-67(52-35-19-6-20-36-52,53-37-21-7-22-38-53)54-39-23-8-24-40-54)56-44-81-65(68-56)70-66(49-29-13-3-14-30-49,50-31-15-4-16-32-50)51-33-17-5-18-34-51/h1-40,44,55,58,60,63H,41-43,45H2,(H,68,70)(H,69,73)/b71-57-/t55?,58?,63-/m1/s1. The lowest BCUT2D eigenvalue weighted by Gasteiger charge is -2.50. The zero-order valence-electron chi connectivity index (χ0n) is 43.8. The lowest BCUT2D eigenvalue weighted by molar-refractivity contribution is -0.144. The first-order valence-electron chi connectivity index (χ1n) is 26.7. The number of thiazole rings is 1. The van der Waals surface area contributed by atoms with Crippen LogP contribution in [0, 0.1) is 0 Å². The molecule has 0 bridgehead atoms. The van der Waals surface area contributed by atoms with Crippen LogP contribution in [-0.4, -0.2) is 69.1 Å². The second kappa shape index (κ2) is 24.1. The molecule has 3 atom stereocenters. The highest BCUT2D eigenvalue weighted by molar-refractivity contribution is 8.00. The first-order valence-corrected chi connectivity index (χ1v) is 29.1. The molecule has 0 saturated carbocycles. The van der Waals surface area contributed by atoms with E-state index in [1.165, 1.54) is 23.1 Å². The predicted octanol–water partition coefficient (Wildman–Crippen LogP) is 12.8. The van der Waals surface area contributed by atoms with Gasteiger partial charge in [-0.15, -0.1) is 23.1 Å². The molecular formula is C67H55N5O6S3. The Kier molecular flexibility index (Phi) is 15.8. The van der Waals surface area contributed by atoms with Crippen LogP contribution >= 0.6 is 35.3 Å². The summed E-state index contributed by atoms with van der Waals surface area (Å²) in [7, 11) is 0. The van der Waals surface area contributed by atoms with Gasteiger partial charge in [-0.2, -0.15) is 0 Å². The Balaban J connectivity index is 0.932. The second-order valence-electron chi connectivity index (χ2n) is 19.7. The number of oxime groups is 1. The van der Waals surface area contributed by atoms with Gasteiger partial charge < -0.3 is 29.7 Å². The molecule has 81 heavy (non-hydrogen) atoms. The van der Waals surface area contributed by atoms with E-state index in [4.69, 9.17) is 41.4 Å². The number of hydrogen-bond acceptors (Lipinski definition) is 12. The van der Waals surface area contributed by atoms with Crippen LogP contribution in [0.2, 0.25) is 0 Å². The Morgan fingerprint density at radius 1 is 0.667 bits per heavy atom. The molecule has 0 spiro atoms. The van der Waals surface area contributed by atoms with E-state index in [0.29, 0.717) is 29.6 Å². The van der Waals surface area contributed by atoms with Gasteiger partial charge in [-0.3, -0.25) is 14.5 Å². The summed E-state index contributed by atoms with van der Waals surface area (Å²) in [6, 6.07) is 78.9. The van der Waals surface area contributed by atoms with E-state index in [-0.39, 0.29) is 35.3 Å². The second-order valence-corrected chi connectivity index (χ2v) is 22.1. The number of hydrogen-bond donors (Lipinski definition) is 2. The summed E-state index contributed by atoms with van der Waals surface area (Å²) in [6.07, 6.45) is -0.324. The quantitative estimate of drug-likeness (QED) is 0.0266. The Bertz CT molecular complexity index is 3440. The van der Waals surface area contributed by atoms with E-state index < -0.39 is 34.6 Å². The largest absolute Gasteiger partial charge is 0.469 e. The summed E-state index contributed by atoms with van der Waals surface area (Å²) in [6.45, 7) is 0.595. The Morgan fingerprint density at radius 2 is 1.12 bits per heavy atom. The van der Waals surface area contributed by atoms with Gasteiger partial charge in [0.15, 0.2) is 10.8 Å². The van der Waals surface area contributed by atoms with Gasteiger partial charge in [0.25, 0.3) is 11.8 Å². The number of anilines is 1. The highest BCUT2D eigenvalue weighted by Crippen LogP contribution is 2.46. The van der Waals surface area contributed by atoms with Crippen molar-refractivity contribution in [3.63, 3.8) is 0 Å². The molecule has 2 fully saturated rings. The average Bonchev–Trinajstić information content (AvgIpc) is 4.28. The molecule has 2 saturated heterocycles. The fourth-order valence-electron chi connectivity index (χ4n) is 10.9. The third kappa shape index (κ3) is 10.7. The molecule has 14 heteroatoms. The van der Waals surface area contributed by atoms with Crippen LogP contribution in [0.15, 0.2) is 264 Å². The van der Waals surface area contributed by atoms with Crippen molar-refractivity contribution < 1.29 is 28.6 Å². The van der Waals surface area contributed by atoms with Crippen molar-refractivity contribution in [2.24, 2.45) is 5.16 Å². The number of benzene rings is 8. The minimum Gasteiger partial charge on any atom is -0.469 e. The van der Waals surface area contributed by atoms with Gasteiger partial charge in [0.2, 0.25) is 10.7 Å². The van der Waals surface area contributed by atoms with Crippen molar-refractivity contribution in [3.05, 3.63) is 310 Å². The molecule has 1 aromatic heterocycles. The molecule has 8 aromatic carbocycles. The van der Waals surface area contributed by atoms with Gasteiger partial charge in [-0.1, -0.05) is 248 Å². The van der Waals surface area contributed by atoms with Crippen LogP contribution in [0.25, 0.3) is 0 Å². The van der Waals surface area contributed by atoms with Gasteiger partial charge >= 0.3 is 0 Å². The Hall–Kier alpha value is -8.50. The van der Waals surface area contributed by atoms with Crippen molar-refractivity contribution >= 4 is 63.0 Å². The number of carbonyl (C=O) groups excluding carboxylic acids is 2. The third-order valence-corrected chi connectivity index (χ3v) is 17.2. The van der Waals surface area contributed by atoms with Crippen LogP contribution in [0.1, 0.15) is 62.7 Å². The van der Waals surface area contributed by atoms with Gasteiger partial charge in [-0.05, 0) is 45.6 Å². The lowest BCUT2D eigenvalue weighted by atomic mass is 9.77. The number of β-lactam (4-membered cyclic amide) rings is 1. The van der Waals surface area contributed by atoms with Crippen molar-refractivity contribution in [2.45, 2.75) is 41.2 Å². The summed E-state index contributed by atoms with van der Waals surface area (Å²) >= 11 is 9.12. The van der Waals surface area contributed by atoms with E-state index in [9.17, 15) is 0 Å². The highest BCUT2D eigenvalue weighted by atomic mass is 32.2. The van der Waals surface area contributed by atoms with Crippen LogP contribution < -0.4 is 10.6 Å². The molecule has 2 N–H and O–H groups in total. The van der Waals surface area contributed by atoms with Crippen molar-refractivity contribution in [2.75, 3.05) is 24.5 Å². The number of fused-ring (bicyclic) bond motifs is 1. The molecule has 402 valence electrons. The van der Waals surface area contributed by atoms with Gasteiger partial charge in [0.05, 0.1) is 18.4 Å². The van der Waals surface area contributed by atoms with E-state index >= 15 is 9.59 Å². The predicted molar refractivity (Wildman–Crippen MR) is 323 cm³/mol. The van der Waals surface area contributed by atoms with Gasteiger partial charge in [0.1, 0.15) is 35.5 Å². The number of carbonyl (C=O) groups is 2. The summed E-state index contributed by atoms with van der Waals surface area (Å²) in [5.41, 5.74) is 6.28. The number of ether oxygens (including phenoxy) is 3. The van der Waals surface area contributed by atoms with Crippen molar-refractivity contribution in [1.82, 2.24) is 15.2 Å². The third-order valence-electron chi connectivity index (χ3n) is 14.8. The summed E-state index contributed by atoms with van der Waals surface area (Å²) < 4.78 is 18.4. The molecule has 3 aliphatic rings. The van der Waals surface area contributed by atoms with Gasteiger partial charge in [0, 0.05) is 34.2 Å². The van der Waals surface area contributed by atoms with Crippen LogP contribution in [0.4, 0.5) is 5.13 Å². The summed E-state index contributed by atoms with van der Waals surface area (Å²) in [5.74, 6) is -0.523. The number of nitrogens with zero attached hydrogens (tertiary/aromatic N) is 3. The number of nitrogens with one attached hydrogen (secondary N) is 2. The normalized spacial score (nSPS) is 17.2. The Morgan fingerprint density at radius 3 is 1.58 bits per heavy atom. The molecule has 12 rings (SSSR count). The maximum absolute atomic E-state index is 15.6. The Labute approximate surface area is 484 Å². The molecule has 3 aliphatic heterocycles. The minimum atomic E-state index is -1.35. The zero-order chi connectivity index (χ0) is 55.0. The number of thioether (sulfide) groups is 1. The van der Waals surface area contributed by atoms with E-state index in [2.05, 4.69) is 47.0 Å². The first-order chi connectivity index (χ1) is 39.9. The lowest BCUT2D eigenvalue weighted by Crippen LogP contribution is -2.71. The van der Waals surface area contributed by atoms with Crippen LogP contribution in [-0.2, 0) is 39.8 Å².